The Kier molecular flexibility index (Phi) is 4.77. The van der Waals surface area contributed by atoms with Crippen molar-refractivity contribution in [3.05, 3.63) is 45.9 Å². The van der Waals surface area contributed by atoms with E-state index in [-0.39, 0.29) is 11.9 Å². The fourth-order valence-corrected chi connectivity index (χ4v) is 2.48. The SMILES string of the molecule is CCn1ncc(OC)c1C(NC)c1ccc(Br)c(F)c1. The van der Waals surface area contributed by atoms with Crippen molar-refractivity contribution >= 4 is 15.9 Å². The molecule has 0 radical (unpaired) electrons. The summed E-state index contributed by atoms with van der Waals surface area (Å²) < 4.78 is 21.4. The molecular formula is C14H17BrFN3O. The largest absolute Gasteiger partial charge is 0.493 e. The van der Waals surface area contributed by atoms with E-state index in [9.17, 15) is 4.39 Å². The molecule has 2 rings (SSSR count). The molecule has 0 fully saturated rings. The van der Waals surface area contributed by atoms with Crippen molar-refractivity contribution in [3.8, 4) is 5.75 Å². The van der Waals surface area contributed by atoms with E-state index in [1.165, 1.54) is 6.07 Å². The van der Waals surface area contributed by atoms with Crippen molar-refractivity contribution in [3.63, 3.8) is 0 Å². The van der Waals surface area contributed by atoms with Gasteiger partial charge in [0.15, 0.2) is 5.75 Å². The number of hydrogen-bond donors (Lipinski definition) is 1. The summed E-state index contributed by atoms with van der Waals surface area (Å²) in [5.74, 6) is 0.402. The monoisotopic (exact) mass is 341 g/mol. The third kappa shape index (κ3) is 2.71. The van der Waals surface area contributed by atoms with Gasteiger partial charge in [0.25, 0.3) is 0 Å². The van der Waals surface area contributed by atoms with Crippen molar-refractivity contribution in [1.82, 2.24) is 15.1 Å². The number of ether oxygens (including phenoxy) is 1. The quantitative estimate of drug-likeness (QED) is 0.908. The maximum Gasteiger partial charge on any atom is 0.161 e. The molecule has 0 saturated carbocycles. The normalized spacial score (nSPS) is 12.4. The van der Waals surface area contributed by atoms with Crippen molar-refractivity contribution in [2.24, 2.45) is 0 Å². The van der Waals surface area contributed by atoms with Crippen LogP contribution in [0.1, 0.15) is 24.2 Å². The number of aromatic nitrogens is 2. The highest BCUT2D eigenvalue weighted by molar-refractivity contribution is 9.10. The minimum absolute atomic E-state index is 0.185. The van der Waals surface area contributed by atoms with Gasteiger partial charge in [-0.1, -0.05) is 6.07 Å². The highest BCUT2D eigenvalue weighted by atomic mass is 79.9. The molecule has 1 heterocycles. The molecule has 6 heteroatoms. The molecule has 2 aromatic rings. The first-order valence-corrected chi connectivity index (χ1v) is 7.13. The van der Waals surface area contributed by atoms with Gasteiger partial charge in [-0.05, 0) is 47.6 Å². The smallest absolute Gasteiger partial charge is 0.161 e. The second-order valence-electron chi connectivity index (χ2n) is 4.31. The van der Waals surface area contributed by atoms with Gasteiger partial charge in [-0.15, -0.1) is 0 Å². The zero-order valence-corrected chi connectivity index (χ0v) is 13.2. The predicted molar refractivity (Wildman–Crippen MR) is 79.5 cm³/mol. The van der Waals surface area contributed by atoms with Crippen LogP contribution in [-0.4, -0.2) is 23.9 Å². The predicted octanol–water partition coefficient (Wildman–Crippen LogP) is 3.12. The second-order valence-corrected chi connectivity index (χ2v) is 5.16. The lowest BCUT2D eigenvalue weighted by molar-refractivity contribution is 0.401. The van der Waals surface area contributed by atoms with Crippen LogP contribution in [-0.2, 0) is 6.54 Å². The molecule has 4 nitrogen and oxygen atoms in total. The lowest BCUT2D eigenvalue weighted by Gasteiger charge is -2.19. The molecule has 1 aromatic carbocycles. The number of nitrogens with zero attached hydrogens (tertiary/aromatic N) is 2. The van der Waals surface area contributed by atoms with Gasteiger partial charge in [0.2, 0.25) is 0 Å². The number of methoxy groups -OCH3 is 1. The number of nitrogens with one attached hydrogen (secondary N) is 1. The molecule has 0 amide bonds. The molecule has 0 bridgehead atoms. The lowest BCUT2D eigenvalue weighted by Crippen LogP contribution is -2.22. The van der Waals surface area contributed by atoms with Gasteiger partial charge in [0.1, 0.15) is 11.5 Å². The Hall–Kier alpha value is -1.40. The van der Waals surface area contributed by atoms with Crippen LogP contribution in [0.15, 0.2) is 28.9 Å². The minimum atomic E-state index is -0.288. The van der Waals surface area contributed by atoms with Gasteiger partial charge < -0.3 is 10.1 Å². The minimum Gasteiger partial charge on any atom is -0.493 e. The average Bonchev–Trinajstić information content (AvgIpc) is 2.86. The van der Waals surface area contributed by atoms with Crippen molar-refractivity contribution in [2.75, 3.05) is 14.2 Å². The number of halogens is 2. The fraction of sp³-hybridized carbons (Fsp3) is 0.357. The summed E-state index contributed by atoms with van der Waals surface area (Å²) in [6.07, 6.45) is 1.68. The Morgan fingerprint density at radius 2 is 2.25 bits per heavy atom. The van der Waals surface area contributed by atoms with Crippen LogP contribution in [0.2, 0.25) is 0 Å². The summed E-state index contributed by atoms with van der Waals surface area (Å²) in [5, 5.41) is 7.48. The van der Waals surface area contributed by atoms with Crippen LogP contribution >= 0.6 is 15.9 Å². The maximum absolute atomic E-state index is 13.8. The van der Waals surface area contributed by atoms with Gasteiger partial charge in [-0.2, -0.15) is 5.10 Å². The van der Waals surface area contributed by atoms with Crippen LogP contribution in [0.5, 0.6) is 5.75 Å². The van der Waals surface area contributed by atoms with E-state index in [0.29, 0.717) is 10.2 Å². The van der Waals surface area contributed by atoms with E-state index in [4.69, 9.17) is 4.74 Å². The van der Waals surface area contributed by atoms with Crippen molar-refractivity contribution < 1.29 is 9.13 Å². The molecule has 0 aliphatic rings. The first-order chi connectivity index (χ1) is 9.62. The number of hydrogen-bond acceptors (Lipinski definition) is 3. The molecule has 1 aromatic heterocycles. The number of benzene rings is 1. The van der Waals surface area contributed by atoms with Crippen molar-refractivity contribution in [2.45, 2.75) is 19.5 Å². The first kappa shape index (κ1) is 15.0. The molecule has 20 heavy (non-hydrogen) atoms. The Bertz CT molecular complexity index is 579. The fourth-order valence-electron chi connectivity index (χ4n) is 2.23. The molecule has 0 saturated heterocycles. The zero-order valence-electron chi connectivity index (χ0n) is 11.7. The van der Waals surface area contributed by atoms with Gasteiger partial charge in [0.05, 0.1) is 23.8 Å². The molecular weight excluding hydrogens is 325 g/mol. The van der Waals surface area contributed by atoms with Gasteiger partial charge in [0, 0.05) is 6.54 Å². The molecule has 108 valence electrons. The Balaban J connectivity index is 2.51. The van der Waals surface area contributed by atoms with E-state index in [1.54, 1.807) is 19.4 Å². The molecule has 1 atom stereocenters. The standard InChI is InChI=1S/C14H17BrFN3O/c1-4-19-14(12(20-3)8-18-19)13(17-2)9-5-6-10(15)11(16)7-9/h5-8,13,17H,4H2,1-3H3. The van der Waals surface area contributed by atoms with Crippen LogP contribution in [0, 0.1) is 5.82 Å². The summed E-state index contributed by atoms with van der Waals surface area (Å²) in [4.78, 5) is 0. The van der Waals surface area contributed by atoms with Crippen LogP contribution in [0.3, 0.4) is 0 Å². The van der Waals surface area contributed by atoms with E-state index < -0.39 is 0 Å². The Labute approximate surface area is 126 Å². The summed E-state index contributed by atoms with van der Waals surface area (Å²) >= 11 is 3.17. The van der Waals surface area contributed by atoms with E-state index in [2.05, 4.69) is 26.3 Å². The number of aryl methyl sites for hydroxylation is 1. The highest BCUT2D eigenvalue weighted by Crippen LogP contribution is 2.31. The van der Waals surface area contributed by atoms with Crippen molar-refractivity contribution in [1.29, 1.82) is 0 Å². The average molecular weight is 342 g/mol. The maximum atomic E-state index is 13.8. The summed E-state index contributed by atoms with van der Waals surface area (Å²) in [6.45, 7) is 2.72. The van der Waals surface area contributed by atoms with Crippen LogP contribution in [0.25, 0.3) is 0 Å². The lowest BCUT2D eigenvalue weighted by atomic mass is 10.0. The molecule has 0 spiro atoms. The Morgan fingerprint density at radius 3 is 2.80 bits per heavy atom. The zero-order chi connectivity index (χ0) is 14.7. The van der Waals surface area contributed by atoms with E-state index in [0.717, 1.165) is 17.8 Å². The molecule has 1 N–H and O–H groups in total. The molecule has 0 aliphatic carbocycles. The second kappa shape index (κ2) is 6.37. The third-order valence-corrected chi connectivity index (χ3v) is 3.85. The van der Waals surface area contributed by atoms with Crippen LogP contribution in [0.4, 0.5) is 4.39 Å². The van der Waals surface area contributed by atoms with E-state index in [1.807, 2.05) is 24.7 Å². The summed E-state index contributed by atoms with van der Waals surface area (Å²) in [5.41, 5.74) is 1.71. The Morgan fingerprint density at radius 1 is 1.50 bits per heavy atom. The number of rotatable bonds is 5. The van der Waals surface area contributed by atoms with Crippen LogP contribution < -0.4 is 10.1 Å². The summed E-state index contributed by atoms with van der Waals surface area (Å²) in [6, 6.07) is 4.90. The van der Waals surface area contributed by atoms with E-state index >= 15 is 0 Å². The van der Waals surface area contributed by atoms with Gasteiger partial charge in [-0.3, -0.25) is 4.68 Å². The highest BCUT2D eigenvalue weighted by Gasteiger charge is 2.22. The molecule has 0 aliphatic heterocycles. The first-order valence-electron chi connectivity index (χ1n) is 6.34. The topological polar surface area (TPSA) is 39.1 Å². The van der Waals surface area contributed by atoms with Gasteiger partial charge in [-0.25, -0.2) is 4.39 Å². The third-order valence-electron chi connectivity index (χ3n) is 3.20. The van der Waals surface area contributed by atoms with Gasteiger partial charge >= 0.3 is 0 Å². The molecule has 1 unspecified atom stereocenters. The summed E-state index contributed by atoms with van der Waals surface area (Å²) in [7, 11) is 3.44.